The van der Waals surface area contributed by atoms with Gasteiger partial charge in [-0.15, -0.1) is 0 Å². The van der Waals surface area contributed by atoms with Crippen molar-refractivity contribution in [3.05, 3.63) is 30.1 Å². The molecule has 3 heterocycles. The Morgan fingerprint density at radius 2 is 2.36 bits per heavy atom. The first-order valence-corrected chi connectivity index (χ1v) is 8.92. The standard InChI is InChI=1S/C14H18N4O3S/c1-18-5-2-3-13(18)11-7-12(17-16-11)14(19)15-8-10-4-6-22(20,21)9-10/h2-3,5,7,10H,4,6,8-9H2,1H3,(H,15,19)(H,16,17)/t10-/m1/s1. The molecular formula is C14H18N4O3S. The highest BCUT2D eigenvalue weighted by molar-refractivity contribution is 7.91. The summed E-state index contributed by atoms with van der Waals surface area (Å²) >= 11 is 0. The lowest BCUT2D eigenvalue weighted by molar-refractivity contribution is 0.0943. The van der Waals surface area contributed by atoms with Crippen LogP contribution in [0.1, 0.15) is 16.9 Å². The van der Waals surface area contributed by atoms with Gasteiger partial charge >= 0.3 is 0 Å². The van der Waals surface area contributed by atoms with Crippen LogP contribution in [0.4, 0.5) is 0 Å². The molecule has 2 N–H and O–H groups in total. The van der Waals surface area contributed by atoms with E-state index in [0.29, 0.717) is 24.4 Å². The average Bonchev–Trinajstić information content (AvgIpc) is 3.15. The molecule has 3 rings (SSSR count). The zero-order valence-corrected chi connectivity index (χ0v) is 13.1. The van der Waals surface area contributed by atoms with E-state index in [1.54, 1.807) is 6.07 Å². The zero-order chi connectivity index (χ0) is 15.7. The summed E-state index contributed by atoms with van der Waals surface area (Å²) < 4.78 is 24.7. The highest BCUT2D eigenvalue weighted by Gasteiger charge is 2.28. The minimum Gasteiger partial charge on any atom is -0.350 e. The summed E-state index contributed by atoms with van der Waals surface area (Å²) in [6, 6.07) is 5.52. The molecule has 1 fully saturated rings. The predicted molar refractivity (Wildman–Crippen MR) is 82.1 cm³/mol. The van der Waals surface area contributed by atoms with E-state index >= 15 is 0 Å². The number of carbonyl (C=O) groups excluding carboxylic acids is 1. The SMILES string of the molecule is Cn1cccc1-c1cc(C(=O)NC[C@H]2CCS(=O)(=O)C2)[nH]n1. The van der Waals surface area contributed by atoms with Gasteiger partial charge in [0.15, 0.2) is 9.84 Å². The summed E-state index contributed by atoms with van der Waals surface area (Å²) in [5.74, 6) is 0.113. The number of hydrogen-bond donors (Lipinski definition) is 2. The molecule has 1 saturated heterocycles. The molecule has 0 radical (unpaired) electrons. The number of sulfone groups is 1. The normalized spacial score (nSPS) is 20.1. The van der Waals surface area contributed by atoms with Crippen LogP contribution >= 0.6 is 0 Å². The predicted octanol–water partition coefficient (Wildman–Crippen LogP) is 0.580. The fourth-order valence-electron chi connectivity index (χ4n) is 2.66. The minimum atomic E-state index is -2.91. The summed E-state index contributed by atoms with van der Waals surface area (Å²) in [5.41, 5.74) is 1.98. The van der Waals surface area contributed by atoms with E-state index in [0.717, 1.165) is 5.69 Å². The molecule has 1 amide bonds. The number of hydrogen-bond acceptors (Lipinski definition) is 4. The molecule has 1 aliphatic rings. The fourth-order valence-corrected chi connectivity index (χ4v) is 4.52. The van der Waals surface area contributed by atoms with Crippen LogP contribution < -0.4 is 5.32 Å². The van der Waals surface area contributed by atoms with Gasteiger partial charge in [-0.2, -0.15) is 5.10 Å². The third-order valence-corrected chi connectivity index (χ3v) is 5.74. The van der Waals surface area contributed by atoms with Gasteiger partial charge in [-0.05, 0) is 30.5 Å². The number of carbonyl (C=O) groups is 1. The second-order valence-corrected chi connectivity index (χ2v) is 7.88. The maximum Gasteiger partial charge on any atom is 0.269 e. The molecule has 1 atom stereocenters. The number of rotatable bonds is 4. The van der Waals surface area contributed by atoms with Gasteiger partial charge < -0.3 is 9.88 Å². The van der Waals surface area contributed by atoms with Gasteiger partial charge in [0.1, 0.15) is 11.4 Å². The lowest BCUT2D eigenvalue weighted by atomic mass is 10.1. The summed E-state index contributed by atoms with van der Waals surface area (Å²) in [7, 11) is -1.01. The summed E-state index contributed by atoms with van der Waals surface area (Å²) in [6.07, 6.45) is 2.52. The third kappa shape index (κ3) is 3.06. The first-order chi connectivity index (χ1) is 10.4. The molecular weight excluding hydrogens is 304 g/mol. The van der Waals surface area contributed by atoms with Crippen molar-refractivity contribution in [2.45, 2.75) is 6.42 Å². The quantitative estimate of drug-likeness (QED) is 0.860. The van der Waals surface area contributed by atoms with Crippen LogP contribution in [-0.2, 0) is 16.9 Å². The molecule has 22 heavy (non-hydrogen) atoms. The Bertz CT molecular complexity index is 791. The zero-order valence-electron chi connectivity index (χ0n) is 12.2. The van der Waals surface area contributed by atoms with Crippen LogP contribution in [-0.4, -0.2) is 47.1 Å². The first-order valence-electron chi connectivity index (χ1n) is 7.10. The van der Waals surface area contributed by atoms with E-state index in [9.17, 15) is 13.2 Å². The van der Waals surface area contributed by atoms with Gasteiger partial charge in [0.05, 0.1) is 17.2 Å². The molecule has 0 bridgehead atoms. The van der Waals surface area contributed by atoms with E-state index in [-0.39, 0.29) is 23.3 Å². The second-order valence-electron chi connectivity index (χ2n) is 5.65. The Kier molecular flexibility index (Phi) is 3.78. The molecule has 8 heteroatoms. The first kappa shape index (κ1) is 14.8. The van der Waals surface area contributed by atoms with E-state index in [1.807, 2.05) is 29.9 Å². The number of aromatic amines is 1. The number of aryl methyl sites for hydroxylation is 1. The summed E-state index contributed by atoms with van der Waals surface area (Å²) in [6.45, 7) is 0.372. The molecule has 1 aliphatic heterocycles. The van der Waals surface area contributed by atoms with Gasteiger partial charge in [0.25, 0.3) is 5.91 Å². The van der Waals surface area contributed by atoms with Gasteiger partial charge in [-0.1, -0.05) is 0 Å². The smallest absolute Gasteiger partial charge is 0.269 e. The van der Waals surface area contributed by atoms with E-state index < -0.39 is 9.84 Å². The largest absolute Gasteiger partial charge is 0.350 e. The molecule has 0 aliphatic carbocycles. The molecule has 118 valence electrons. The van der Waals surface area contributed by atoms with Crippen molar-refractivity contribution in [1.29, 1.82) is 0 Å². The Hall–Kier alpha value is -2.09. The summed E-state index contributed by atoms with van der Waals surface area (Å²) in [5, 5.41) is 9.63. The van der Waals surface area contributed by atoms with Gasteiger partial charge in [0, 0.05) is 19.8 Å². The number of H-pyrrole nitrogens is 1. The molecule has 0 aromatic carbocycles. The number of nitrogens with zero attached hydrogens (tertiary/aromatic N) is 2. The highest BCUT2D eigenvalue weighted by atomic mass is 32.2. The Balaban J connectivity index is 1.62. The lowest BCUT2D eigenvalue weighted by Gasteiger charge is -2.08. The van der Waals surface area contributed by atoms with E-state index in [2.05, 4.69) is 15.5 Å². The van der Waals surface area contributed by atoms with Crippen LogP contribution in [0.15, 0.2) is 24.4 Å². The van der Waals surface area contributed by atoms with Crippen LogP contribution in [0, 0.1) is 5.92 Å². The van der Waals surface area contributed by atoms with Crippen LogP contribution in [0.5, 0.6) is 0 Å². The fraction of sp³-hybridized carbons (Fsp3) is 0.429. The van der Waals surface area contributed by atoms with Crippen molar-refractivity contribution in [3.63, 3.8) is 0 Å². The molecule has 7 nitrogen and oxygen atoms in total. The van der Waals surface area contributed by atoms with Crippen LogP contribution in [0.25, 0.3) is 11.4 Å². The van der Waals surface area contributed by atoms with Crippen molar-refractivity contribution < 1.29 is 13.2 Å². The Labute approximate surface area is 128 Å². The van der Waals surface area contributed by atoms with Crippen molar-refractivity contribution >= 4 is 15.7 Å². The van der Waals surface area contributed by atoms with Gasteiger partial charge in [-0.25, -0.2) is 8.42 Å². The molecule has 0 unspecified atom stereocenters. The molecule has 0 saturated carbocycles. The van der Waals surface area contributed by atoms with Crippen molar-refractivity contribution in [2.75, 3.05) is 18.1 Å². The highest BCUT2D eigenvalue weighted by Crippen LogP contribution is 2.19. The van der Waals surface area contributed by atoms with Crippen molar-refractivity contribution in [3.8, 4) is 11.4 Å². The Morgan fingerprint density at radius 1 is 1.55 bits per heavy atom. The monoisotopic (exact) mass is 322 g/mol. The van der Waals surface area contributed by atoms with Gasteiger partial charge in [0.2, 0.25) is 0 Å². The maximum absolute atomic E-state index is 12.1. The van der Waals surface area contributed by atoms with E-state index in [1.165, 1.54) is 0 Å². The van der Waals surface area contributed by atoms with Crippen LogP contribution in [0.3, 0.4) is 0 Å². The number of aromatic nitrogens is 3. The minimum absolute atomic E-state index is 0.00390. The number of nitrogens with one attached hydrogen (secondary N) is 2. The topological polar surface area (TPSA) is 96.9 Å². The van der Waals surface area contributed by atoms with Gasteiger partial charge in [-0.3, -0.25) is 9.89 Å². The second kappa shape index (κ2) is 5.60. The maximum atomic E-state index is 12.1. The van der Waals surface area contributed by atoms with Crippen molar-refractivity contribution in [1.82, 2.24) is 20.1 Å². The van der Waals surface area contributed by atoms with Crippen LogP contribution in [0.2, 0.25) is 0 Å². The van der Waals surface area contributed by atoms with Crippen molar-refractivity contribution in [2.24, 2.45) is 13.0 Å². The molecule has 0 spiro atoms. The summed E-state index contributed by atoms with van der Waals surface area (Å²) in [4.78, 5) is 12.1. The average molecular weight is 322 g/mol. The third-order valence-electron chi connectivity index (χ3n) is 3.91. The lowest BCUT2D eigenvalue weighted by Crippen LogP contribution is -2.30. The number of amides is 1. The van der Waals surface area contributed by atoms with E-state index in [4.69, 9.17) is 0 Å². The molecule has 2 aromatic rings. The molecule has 2 aromatic heterocycles. The Morgan fingerprint density at radius 3 is 3.00 bits per heavy atom.